The molecule has 0 aliphatic carbocycles. The van der Waals surface area contributed by atoms with E-state index < -0.39 is 0 Å². The Bertz CT molecular complexity index is 390. The van der Waals surface area contributed by atoms with Gasteiger partial charge in [0.05, 0.1) is 7.11 Å². The molecule has 0 aliphatic heterocycles. The van der Waals surface area contributed by atoms with Gasteiger partial charge in [0.1, 0.15) is 11.5 Å². The molecular formula is C14H21NO3. The van der Waals surface area contributed by atoms with Crippen LogP contribution >= 0.6 is 0 Å². The molecule has 18 heavy (non-hydrogen) atoms. The lowest BCUT2D eigenvalue weighted by Crippen LogP contribution is -2.38. The number of carbonyl (C=O) groups is 1. The molecule has 0 saturated carbocycles. The van der Waals surface area contributed by atoms with Crippen molar-refractivity contribution in [2.45, 2.75) is 26.8 Å². The standard InChI is InChI=1S/C14H21NO3/c1-10(2)11(3)15-14(16)9-18-13-7-5-6-12(8-13)17-4/h5-8,10-11H,9H2,1-4H3,(H,15,16)/t11-/m1/s1. The molecular weight excluding hydrogens is 230 g/mol. The first-order chi connectivity index (χ1) is 8.52. The van der Waals surface area contributed by atoms with Gasteiger partial charge in [-0.2, -0.15) is 0 Å². The largest absolute Gasteiger partial charge is 0.497 e. The zero-order chi connectivity index (χ0) is 13.5. The Morgan fingerprint density at radius 1 is 1.28 bits per heavy atom. The first-order valence-electron chi connectivity index (χ1n) is 6.09. The van der Waals surface area contributed by atoms with E-state index in [1.165, 1.54) is 0 Å². The quantitative estimate of drug-likeness (QED) is 0.843. The number of hydrogen-bond donors (Lipinski definition) is 1. The van der Waals surface area contributed by atoms with E-state index in [1.807, 2.05) is 19.1 Å². The van der Waals surface area contributed by atoms with Gasteiger partial charge < -0.3 is 14.8 Å². The van der Waals surface area contributed by atoms with Crippen LogP contribution in [0.4, 0.5) is 0 Å². The molecule has 1 rings (SSSR count). The van der Waals surface area contributed by atoms with E-state index in [1.54, 1.807) is 19.2 Å². The van der Waals surface area contributed by atoms with E-state index >= 15 is 0 Å². The molecule has 0 saturated heterocycles. The third kappa shape index (κ3) is 4.65. The van der Waals surface area contributed by atoms with Crippen molar-refractivity contribution in [3.63, 3.8) is 0 Å². The average molecular weight is 251 g/mol. The van der Waals surface area contributed by atoms with Gasteiger partial charge >= 0.3 is 0 Å². The minimum atomic E-state index is -0.112. The number of carbonyl (C=O) groups excluding carboxylic acids is 1. The number of rotatable bonds is 6. The van der Waals surface area contributed by atoms with Gasteiger partial charge in [-0.3, -0.25) is 4.79 Å². The van der Waals surface area contributed by atoms with Gasteiger partial charge in [0.25, 0.3) is 5.91 Å². The lowest BCUT2D eigenvalue weighted by molar-refractivity contribution is -0.124. The SMILES string of the molecule is COc1cccc(OCC(=O)N[C@H](C)C(C)C)c1. The third-order valence-electron chi connectivity index (χ3n) is 2.80. The zero-order valence-corrected chi connectivity index (χ0v) is 11.4. The van der Waals surface area contributed by atoms with Crippen LogP contribution in [0, 0.1) is 5.92 Å². The molecule has 0 aliphatic rings. The molecule has 0 unspecified atom stereocenters. The summed E-state index contributed by atoms with van der Waals surface area (Å²) in [5.41, 5.74) is 0. The number of benzene rings is 1. The second-order valence-electron chi connectivity index (χ2n) is 4.57. The minimum Gasteiger partial charge on any atom is -0.497 e. The Morgan fingerprint density at radius 2 is 1.94 bits per heavy atom. The van der Waals surface area contributed by atoms with Crippen LogP contribution in [0.1, 0.15) is 20.8 Å². The molecule has 1 aromatic rings. The molecule has 0 spiro atoms. The highest BCUT2D eigenvalue weighted by atomic mass is 16.5. The van der Waals surface area contributed by atoms with Gasteiger partial charge in [-0.15, -0.1) is 0 Å². The molecule has 0 fully saturated rings. The van der Waals surface area contributed by atoms with E-state index in [0.717, 1.165) is 0 Å². The molecule has 1 N–H and O–H groups in total. The average Bonchev–Trinajstić information content (AvgIpc) is 2.36. The smallest absolute Gasteiger partial charge is 0.258 e. The maximum atomic E-state index is 11.6. The fraction of sp³-hybridized carbons (Fsp3) is 0.500. The number of amides is 1. The van der Waals surface area contributed by atoms with Crippen molar-refractivity contribution in [3.8, 4) is 11.5 Å². The summed E-state index contributed by atoms with van der Waals surface area (Å²) in [5, 5.41) is 2.88. The van der Waals surface area contributed by atoms with Gasteiger partial charge in [-0.05, 0) is 25.0 Å². The van der Waals surface area contributed by atoms with Crippen molar-refractivity contribution in [1.29, 1.82) is 0 Å². The van der Waals surface area contributed by atoms with E-state index in [0.29, 0.717) is 17.4 Å². The lowest BCUT2D eigenvalue weighted by atomic mass is 10.1. The van der Waals surface area contributed by atoms with E-state index in [9.17, 15) is 4.79 Å². The first-order valence-corrected chi connectivity index (χ1v) is 6.09. The van der Waals surface area contributed by atoms with Gasteiger partial charge in [0.2, 0.25) is 0 Å². The summed E-state index contributed by atoms with van der Waals surface area (Å²) in [5.74, 6) is 1.63. The van der Waals surface area contributed by atoms with E-state index in [-0.39, 0.29) is 18.6 Å². The Morgan fingerprint density at radius 3 is 2.56 bits per heavy atom. The summed E-state index contributed by atoms with van der Waals surface area (Å²) in [7, 11) is 1.59. The summed E-state index contributed by atoms with van der Waals surface area (Å²) >= 11 is 0. The maximum absolute atomic E-state index is 11.6. The predicted molar refractivity (Wildman–Crippen MR) is 70.9 cm³/mol. The van der Waals surface area contributed by atoms with Crippen LogP contribution in [0.3, 0.4) is 0 Å². The molecule has 1 atom stereocenters. The Balaban J connectivity index is 2.42. The predicted octanol–water partition coefficient (Wildman–Crippen LogP) is 2.23. The Labute approximate surface area is 108 Å². The van der Waals surface area contributed by atoms with Crippen LogP contribution in [-0.4, -0.2) is 25.7 Å². The second-order valence-corrected chi connectivity index (χ2v) is 4.57. The third-order valence-corrected chi connectivity index (χ3v) is 2.80. The van der Waals surface area contributed by atoms with E-state index in [2.05, 4.69) is 19.2 Å². The molecule has 0 aromatic heterocycles. The topological polar surface area (TPSA) is 47.6 Å². The summed E-state index contributed by atoms with van der Waals surface area (Å²) in [4.78, 5) is 11.6. The van der Waals surface area contributed by atoms with Crippen molar-refractivity contribution >= 4 is 5.91 Å². The van der Waals surface area contributed by atoms with Crippen LogP contribution in [0.15, 0.2) is 24.3 Å². The van der Waals surface area contributed by atoms with Crippen LogP contribution in [0.25, 0.3) is 0 Å². The number of hydrogen-bond acceptors (Lipinski definition) is 3. The van der Waals surface area contributed by atoms with Crippen LogP contribution in [-0.2, 0) is 4.79 Å². The first kappa shape index (κ1) is 14.4. The van der Waals surface area contributed by atoms with E-state index in [4.69, 9.17) is 9.47 Å². The monoisotopic (exact) mass is 251 g/mol. The summed E-state index contributed by atoms with van der Waals surface area (Å²) in [6.45, 7) is 6.13. The lowest BCUT2D eigenvalue weighted by Gasteiger charge is -2.17. The maximum Gasteiger partial charge on any atom is 0.258 e. The van der Waals surface area contributed by atoms with Crippen molar-refractivity contribution < 1.29 is 14.3 Å². The van der Waals surface area contributed by atoms with Crippen molar-refractivity contribution in [2.75, 3.05) is 13.7 Å². The Kier molecular flexibility index (Phi) is 5.49. The van der Waals surface area contributed by atoms with Crippen LogP contribution in [0.5, 0.6) is 11.5 Å². The fourth-order valence-corrected chi connectivity index (χ4v) is 1.30. The van der Waals surface area contributed by atoms with Crippen molar-refractivity contribution in [1.82, 2.24) is 5.32 Å². The minimum absolute atomic E-state index is 0.0181. The number of ether oxygens (including phenoxy) is 2. The van der Waals surface area contributed by atoms with Crippen molar-refractivity contribution in [3.05, 3.63) is 24.3 Å². The second kappa shape index (κ2) is 6.89. The molecule has 0 radical (unpaired) electrons. The molecule has 1 amide bonds. The highest BCUT2D eigenvalue weighted by Crippen LogP contribution is 2.18. The summed E-state index contributed by atoms with van der Waals surface area (Å²) < 4.78 is 10.5. The zero-order valence-electron chi connectivity index (χ0n) is 11.4. The molecule has 4 heteroatoms. The highest BCUT2D eigenvalue weighted by Gasteiger charge is 2.11. The number of methoxy groups -OCH3 is 1. The molecule has 1 aromatic carbocycles. The fourth-order valence-electron chi connectivity index (χ4n) is 1.30. The molecule has 0 bridgehead atoms. The molecule has 0 heterocycles. The van der Waals surface area contributed by atoms with Gasteiger partial charge in [0, 0.05) is 12.1 Å². The highest BCUT2D eigenvalue weighted by molar-refractivity contribution is 5.77. The Hall–Kier alpha value is -1.71. The number of nitrogens with one attached hydrogen (secondary N) is 1. The summed E-state index contributed by atoms with van der Waals surface area (Å²) in [6, 6.07) is 7.34. The molecule has 4 nitrogen and oxygen atoms in total. The van der Waals surface area contributed by atoms with Crippen LogP contribution in [0.2, 0.25) is 0 Å². The van der Waals surface area contributed by atoms with Crippen LogP contribution < -0.4 is 14.8 Å². The van der Waals surface area contributed by atoms with Gasteiger partial charge in [-0.1, -0.05) is 19.9 Å². The normalized spacial score (nSPS) is 12.1. The summed E-state index contributed by atoms with van der Waals surface area (Å²) in [6.07, 6.45) is 0. The van der Waals surface area contributed by atoms with Crippen molar-refractivity contribution in [2.24, 2.45) is 5.92 Å². The van der Waals surface area contributed by atoms with Gasteiger partial charge in [0.15, 0.2) is 6.61 Å². The molecule has 100 valence electrons. The van der Waals surface area contributed by atoms with Gasteiger partial charge in [-0.25, -0.2) is 0 Å².